The first-order valence-corrected chi connectivity index (χ1v) is 7.38. The van der Waals surface area contributed by atoms with Crippen LogP contribution in [0.4, 0.5) is 0 Å². The largest absolute Gasteiger partial charge is 0.375 e. The fourth-order valence-electron chi connectivity index (χ4n) is 2.72. The number of amides is 1. The molecule has 2 rings (SSSR count). The van der Waals surface area contributed by atoms with Crippen LogP contribution in [0.3, 0.4) is 0 Å². The number of carbonyl (C=O) groups excluding carboxylic acids is 1. The number of aromatic nitrogens is 1. The molecule has 112 valence electrons. The van der Waals surface area contributed by atoms with Crippen molar-refractivity contribution in [3.8, 4) is 0 Å². The van der Waals surface area contributed by atoms with Gasteiger partial charge < -0.3 is 19.5 Å². The molecule has 0 aromatic carbocycles. The van der Waals surface area contributed by atoms with Crippen LogP contribution in [0, 0.1) is 0 Å². The molecule has 2 heterocycles. The molecular formula is C15H25N3O2. The van der Waals surface area contributed by atoms with Gasteiger partial charge in [0.2, 0.25) is 5.91 Å². The van der Waals surface area contributed by atoms with Gasteiger partial charge in [0.1, 0.15) is 6.61 Å². The van der Waals surface area contributed by atoms with E-state index in [9.17, 15) is 4.79 Å². The van der Waals surface area contributed by atoms with Crippen LogP contribution in [0.1, 0.15) is 25.5 Å². The molecule has 5 nitrogen and oxygen atoms in total. The Kier molecular flexibility index (Phi) is 5.61. The van der Waals surface area contributed by atoms with Crippen LogP contribution < -0.4 is 5.32 Å². The maximum Gasteiger partial charge on any atom is 0.248 e. The average molecular weight is 279 g/mol. The third-order valence-electron chi connectivity index (χ3n) is 3.95. The molecule has 0 radical (unpaired) electrons. The van der Waals surface area contributed by atoms with Crippen LogP contribution in [0.25, 0.3) is 0 Å². The second-order valence-corrected chi connectivity index (χ2v) is 5.25. The predicted molar refractivity (Wildman–Crippen MR) is 78.4 cm³/mol. The average Bonchev–Trinajstić information content (AvgIpc) is 2.93. The molecule has 1 N–H and O–H groups in total. The summed E-state index contributed by atoms with van der Waals surface area (Å²) in [6.07, 6.45) is 4.15. The number of ether oxygens (including phenoxy) is 1. The molecule has 1 aliphatic rings. The lowest BCUT2D eigenvalue weighted by molar-refractivity contribution is -0.136. The zero-order valence-electron chi connectivity index (χ0n) is 12.5. The van der Waals surface area contributed by atoms with Crippen LogP contribution in [-0.4, -0.2) is 48.2 Å². The van der Waals surface area contributed by atoms with Gasteiger partial charge in [-0.3, -0.25) is 4.79 Å². The Bertz CT molecular complexity index is 423. The van der Waals surface area contributed by atoms with E-state index in [1.807, 2.05) is 4.90 Å². The summed E-state index contributed by atoms with van der Waals surface area (Å²) in [5, 5.41) is 3.60. The molecule has 1 aromatic rings. The number of nitrogens with zero attached hydrogens (tertiary/aromatic N) is 2. The molecule has 20 heavy (non-hydrogen) atoms. The van der Waals surface area contributed by atoms with Crippen LogP contribution in [0.15, 0.2) is 18.3 Å². The van der Waals surface area contributed by atoms with E-state index < -0.39 is 0 Å². The molecule has 1 amide bonds. The quantitative estimate of drug-likeness (QED) is 0.852. The van der Waals surface area contributed by atoms with Crippen LogP contribution >= 0.6 is 0 Å². The first-order valence-electron chi connectivity index (χ1n) is 7.38. The van der Waals surface area contributed by atoms with Crippen LogP contribution in [-0.2, 0) is 22.6 Å². The number of aryl methyl sites for hydroxylation is 1. The summed E-state index contributed by atoms with van der Waals surface area (Å²) in [5.41, 5.74) is 1.32. The van der Waals surface area contributed by atoms with Gasteiger partial charge in [0.25, 0.3) is 0 Å². The molecule has 0 saturated carbocycles. The number of likely N-dealkylation sites (tertiary alicyclic amines) is 1. The Balaban J connectivity index is 1.73. The Morgan fingerprint density at radius 3 is 2.85 bits per heavy atom. The number of nitrogens with one attached hydrogen (secondary N) is 1. The fourth-order valence-corrected chi connectivity index (χ4v) is 2.72. The van der Waals surface area contributed by atoms with E-state index >= 15 is 0 Å². The normalized spacial score (nSPS) is 16.6. The van der Waals surface area contributed by atoms with E-state index in [1.165, 1.54) is 5.69 Å². The maximum atomic E-state index is 11.7. The second-order valence-electron chi connectivity index (χ2n) is 5.25. The van der Waals surface area contributed by atoms with Crippen molar-refractivity contribution in [2.24, 2.45) is 0 Å². The van der Waals surface area contributed by atoms with Crippen LogP contribution in [0.2, 0.25) is 0 Å². The Hall–Kier alpha value is -1.33. The maximum absolute atomic E-state index is 11.7. The van der Waals surface area contributed by atoms with Crippen LogP contribution in [0.5, 0.6) is 0 Å². The van der Waals surface area contributed by atoms with Gasteiger partial charge in [-0.15, -0.1) is 0 Å². The number of hydrogen-bond donors (Lipinski definition) is 1. The molecule has 0 spiro atoms. The van der Waals surface area contributed by atoms with Gasteiger partial charge in [-0.25, -0.2) is 0 Å². The van der Waals surface area contributed by atoms with E-state index in [1.54, 1.807) is 7.11 Å². The Morgan fingerprint density at radius 2 is 2.20 bits per heavy atom. The molecule has 1 saturated heterocycles. The van der Waals surface area contributed by atoms with Gasteiger partial charge >= 0.3 is 0 Å². The molecule has 5 heteroatoms. The number of methoxy groups -OCH3 is 1. The highest BCUT2D eigenvalue weighted by atomic mass is 16.5. The molecule has 0 atom stereocenters. The molecular weight excluding hydrogens is 254 g/mol. The number of hydrogen-bond acceptors (Lipinski definition) is 3. The summed E-state index contributed by atoms with van der Waals surface area (Å²) >= 11 is 0. The minimum Gasteiger partial charge on any atom is -0.375 e. The lowest BCUT2D eigenvalue weighted by atomic mass is 10.0. The summed E-state index contributed by atoms with van der Waals surface area (Å²) < 4.78 is 7.15. The third kappa shape index (κ3) is 3.84. The monoisotopic (exact) mass is 279 g/mol. The summed E-state index contributed by atoms with van der Waals surface area (Å²) in [6.45, 7) is 5.92. The SMILES string of the molecule is CCn1cccc1CNC1CCN(C(=O)COC)CC1. The topological polar surface area (TPSA) is 46.5 Å². The summed E-state index contributed by atoms with van der Waals surface area (Å²) in [7, 11) is 1.56. The van der Waals surface area contributed by atoms with E-state index in [-0.39, 0.29) is 12.5 Å². The molecule has 0 aliphatic carbocycles. The van der Waals surface area contributed by atoms with E-state index in [4.69, 9.17) is 4.74 Å². The second kappa shape index (κ2) is 7.45. The lowest BCUT2D eigenvalue weighted by Gasteiger charge is -2.32. The molecule has 1 aliphatic heterocycles. The van der Waals surface area contributed by atoms with Gasteiger partial charge in [-0.05, 0) is 31.9 Å². The minimum atomic E-state index is 0.103. The van der Waals surface area contributed by atoms with Crippen molar-refractivity contribution in [1.82, 2.24) is 14.8 Å². The fraction of sp³-hybridized carbons (Fsp3) is 0.667. The van der Waals surface area contributed by atoms with Gasteiger partial charge in [0.05, 0.1) is 0 Å². The third-order valence-corrected chi connectivity index (χ3v) is 3.95. The highest BCUT2D eigenvalue weighted by Gasteiger charge is 2.22. The van der Waals surface area contributed by atoms with E-state index in [0.717, 1.165) is 39.0 Å². The van der Waals surface area contributed by atoms with Crippen molar-refractivity contribution in [3.63, 3.8) is 0 Å². The van der Waals surface area contributed by atoms with Crippen molar-refractivity contribution in [2.75, 3.05) is 26.8 Å². The predicted octanol–water partition coefficient (Wildman–Crippen LogP) is 1.23. The van der Waals surface area contributed by atoms with Crippen molar-refractivity contribution < 1.29 is 9.53 Å². The minimum absolute atomic E-state index is 0.103. The van der Waals surface area contributed by atoms with Gasteiger partial charge in [-0.1, -0.05) is 0 Å². The van der Waals surface area contributed by atoms with Crippen molar-refractivity contribution in [1.29, 1.82) is 0 Å². The highest BCUT2D eigenvalue weighted by molar-refractivity contribution is 5.77. The smallest absolute Gasteiger partial charge is 0.248 e. The first-order chi connectivity index (χ1) is 9.74. The standard InChI is InChI=1S/C15H25N3O2/c1-3-17-8-4-5-14(17)11-16-13-6-9-18(10-7-13)15(19)12-20-2/h4-5,8,13,16H,3,6-7,9-12H2,1-2H3. The van der Waals surface area contributed by atoms with Crippen molar-refractivity contribution in [2.45, 2.75) is 38.9 Å². The van der Waals surface area contributed by atoms with Crippen molar-refractivity contribution >= 4 is 5.91 Å². The molecule has 1 aromatic heterocycles. The number of piperidine rings is 1. The Labute approximate surface area is 120 Å². The highest BCUT2D eigenvalue weighted by Crippen LogP contribution is 2.12. The lowest BCUT2D eigenvalue weighted by Crippen LogP contribution is -2.45. The summed E-state index contributed by atoms with van der Waals surface area (Å²) in [5.74, 6) is 0.103. The number of rotatable bonds is 6. The Morgan fingerprint density at radius 1 is 1.45 bits per heavy atom. The van der Waals surface area contributed by atoms with E-state index in [2.05, 4.69) is 35.1 Å². The molecule has 0 unspecified atom stereocenters. The summed E-state index contributed by atoms with van der Waals surface area (Å²) in [6, 6.07) is 4.75. The van der Waals surface area contributed by atoms with Crippen molar-refractivity contribution in [3.05, 3.63) is 24.0 Å². The van der Waals surface area contributed by atoms with E-state index in [0.29, 0.717) is 6.04 Å². The number of carbonyl (C=O) groups is 1. The zero-order chi connectivity index (χ0) is 14.4. The van der Waals surface area contributed by atoms with Gasteiger partial charge in [-0.2, -0.15) is 0 Å². The van der Waals surface area contributed by atoms with Gasteiger partial charge in [0.15, 0.2) is 0 Å². The molecule has 0 bridgehead atoms. The molecule has 1 fully saturated rings. The van der Waals surface area contributed by atoms with Gasteiger partial charge in [0, 0.05) is 51.2 Å². The zero-order valence-corrected chi connectivity index (χ0v) is 12.5. The first kappa shape index (κ1) is 15.1. The summed E-state index contributed by atoms with van der Waals surface area (Å²) in [4.78, 5) is 13.6.